The lowest BCUT2D eigenvalue weighted by molar-refractivity contribution is -0.129. The van der Waals surface area contributed by atoms with E-state index >= 15 is 0 Å². The maximum absolute atomic E-state index is 11.8. The van der Waals surface area contributed by atoms with Crippen molar-refractivity contribution in [2.45, 2.75) is 11.4 Å². The van der Waals surface area contributed by atoms with E-state index in [0.29, 0.717) is 6.54 Å². The Morgan fingerprint density at radius 2 is 2.14 bits per heavy atom. The molecule has 1 aromatic rings. The number of rotatable bonds is 8. The van der Waals surface area contributed by atoms with Gasteiger partial charge in [0.25, 0.3) is 11.8 Å². The molecule has 0 aromatic carbocycles. The Balaban J connectivity index is 2.74. The molecule has 21 heavy (non-hydrogen) atoms. The Morgan fingerprint density at radius 3 is 2.71 bits per heavy atom. The predicted octanol–water partition coefficient (Wildman–Crippen LogP) is 1.91. The summed E-state index contributed by atoms with van der Waals surface area (Å²) in [6.07, 6.45) is 4.28. The molecule has 0 unspecified atom stereocenters. The van der Waals surface area contributed by atoms with Gasteiger partial charge in [-0.2, -0.15) is 0 Å². The Hall–Kier alpha value is -1.79. The maximum atomic E-state index is 11.8. The third-order valence-electron chi connectivity index (χ3n) is 2.37. The molecule has 0 radical (unpaired) electrons. The van der Waals surface area contributed by atoms with E-state index in [-0.39, 0.29) is 30.6 Å². The van der Waals surface area contributed by atoms with Gasteiger partial charge < -0.3 is 14.6 Å². The van der Waals surface area contributed by atoms with Crippen LogP contribution in [0.4, 0.5) is 0 Å². The molecule has 1 aromatic heterocycles. The molecule has 0 aliphatic heterocycles. The Kier molecular flexibility index (Phi) is 6.98. The van der Waals surface area contributed by atoms with Crippen molar-refractivity contribution in [1.29, 1.82) is 0 Å². The first-order chi connectivity index (χ1) is 9.99. The van der Waals surface area contributed by atoms with Gasteiger partial charge in [-0.15, -0.1) is 13.2 Å². The summed E-state index contributed by atoms with van der Waals surface area (Å²) < 4.78 is 5.16. The topological polar surface area (TPSA) is 75.4 Å². The molecule has 0 spiro atoms. The molecule has 1 N–H and O–H groups in total. The highest BCUT2D eigenvalue weighted by Crippen LogP contribution is 2.12. The van der Waals surface area contributed by atoms with Gasteiger partial charge in [0.1, 0.15) is 6.26 Å². The van der Waals surface area contributed by atoms with Crippen LogP contribution in [0.1, 0.15) is 16.4 Å². The summed E-state index contributed by atoms with van der Waals surface area (Å²) >= 11 is 11.1. The van der Waals surface area contributed by atoms with Crippen LogP contribution in [-0.2, 0) is 11.3 Å². The second kappa shape index (κ2) is 8.49. The standard InChI is InChI=1S/C13H15Cl2N3O3/c1-3-5-16-12(19)9-8-21-10(17-9)7-18(6-4-2)13(20)11(14)15/h3-4,8,11H,1-2,5-7H2,(H,16,19). The van der Waals surface area contributed by atoms with Crippen molar-refractivity contribution in [3.8, 4) is 0 Å². The average molecular weight is 332 g/mol. The zero-order valence-electron chi connectivity index (χ0n) is 11.2. The van der Waals surface area contributed by atoms with Crippen LogP contribution in [0.2, 0.25) is 0 Å². The summed E-state index contributed by atoms with van der Waals surface area (Å²) in [5, 5.41) is 2.56. The molecule has 0 saturated carbocycles. The van der Waals surface area contributed by atoms with Crippen molar-refractivity contribution in [3.63, 3.8) is 0 Å². The van der Waals surface area contributed by atoms with Gasteiger partial charge in [-0.1, -0.05) is 35.4 Å². The maximum Gasteiger partial charge on any atom is 0.273 e. The summed E-state index contributed by atoms with van der Waals surface area (Å²) in [6.45, 7) is 7.63. The van der Waals surface area contributed by atoms with Crippen molar-refractivity contribution in [3.05, 3.63) is 43.2 Å². The molecule has 6 nitrogen and oxygen atoms in total. The fraction of sp³-hybridized carbons (Fsp3) is 0.308. The summed E-state index contributed by atoms with van der Waals surface area (Å²) in [7, 11) is 0. The van der Waals surface area contributed by atoms with E-state index in [1.54, 1.807) is 6.08 Å². The van der Waals surface area contributed by atoms with Gasteiger partial charge in [-0.25, -0.2) is 4.98 Å². The minimum atomic E-state index is -1.18. The fourth-order valence-electron chi connectivity index (χ4n) is 1.43. The number of halogens is 2. The first-order valence-electron chi connectivity index (χ1n) is 6.01. The Morgan fingerprint density at radius 1 is 1.43 bits per heavy atom. The fourth-order valence-corrected chi connectivity index (χ4v) is 1.71. The van der Waals surface area contributed by atoms with Gasteiger partial charge in [-0.3, -0.25) is 9.59 Å². The van der Waals surface area contributed by atoms with Crippen LogP contribution in [0, 0.1) is 0 Å². The average Bonchev–Trinajstić information content (AvgIpc) is 2.92. The van der Waals surface area contributed by atoms with Crippen molar-refractivity contribution in [1.82, 2.24) is 15.2 Å². The number of nitrogens with one attached hydrogen (secondary N) is 1. The van der Waals surface area contributed by atoms with Gasteiger partial charge in [0, 0.05) is 13.1 Å². The molecule has 0 saturated heterocycles. The first kappa shape index (κ1) is 17.3. The van der Waals surface area contributed by atoms with Gasteiger partial charge in [0.15, 0.2) is 10.5 Å². The molecule has 0 fully saturated rings. The Bertz CT molecular complexity index is 528. The second-order valence-corrected chi connectivity index (χ2v) is 5.03. The first-order valence-corrected chi connectivity index (χ1v) is 6.88. The van der Waals surface area contributed by atoms with E-state index in [1.165, 1.54) is 17.2 Å². The van der Waals surface area contributed by atoms with E-state index in [0.717, 1.165) is 0 Å². The van der Waals surface area contributed by atoms with Crippen LogP contribution in [-0.4, -0.2) is 39.6 Å². The SMILES string of the molecule is C=CCNC(=O)c1coc(CN(CC=C)C(=O)C(Cl)Cl)n1. The highest BCUT2D eigenvalue weighted by Gasteiger charge is 2.22. The van der Waals surface area contributed by atoms with Crippen molar-refractivity contribution in [2.75, 3.05) is 13.1 Å². The van der Waals surface area contributed by atoms with Crippen LogP contribution >= 0.6 is 23.2 Å². The van der Waals surface area contributed by atoms with E-state index in [2.05, 4.69) is 23.5 Å². The zero-order chi connectivity index (χ0) is 15.8. The molecule has 0 atom stereocenters. The number of hydrogen-bond donors (Lipinski definition) is 1. The van der Waals surface area contributed by atoms with E-state index in [1.807, 2.05) is 0 Å². The second-order valence-electron chi connectivity index (χ2n) is 3.93. The van der Waals surface area contributed by atoms with E-state index in [4.69, 9.17) is 27.6 Å². The van der Waals surface area contributed by atoms with Crippen LogP contribution in [0.3, 0.4) is 0 Å². The molecule has 8 heteroatoms. The third kappa shape index (κ3) is 5.24. The van der Waals surface area contributed by atoms with Crippen molar-refractivity contribution >= 4 is 35.0 Å². The third-order valence-corrected chi connectivity index (χ3v) is 2.74. The molecule has 0 aliphatic rings. The smallest absolute Gasteiger partial charge is 0.273 e. The molecule has 1 rings (SSSR count). The lowest BCUT2D eigenvalue weighted by Crippen LogP contribution is -2.34. The monoisotopic (exact) mass is 331 g/mol. The molecule has 0 bridgehead atoms. The number of aromatic nitrogens is 1. The summed E-state index contributed by atoms with van der Waals surface area (Å²) in [6, 6.07) is 0. The minimum absolute atomic E-state index is 0.0372. The normalized spacial score (nSPS) is 10.2. The van der Waals surface area contributed by atoms with Crippen molar-refractivity contribution < 1.29 is 14.0 Å². The molecule has 0 aliphatic carbocycles. The molecular weight excluding hydrogens is 317 g/mol. The quantitative estimate of drug-likeness (QED) is 0.583. The highest BCUT2D eigenvalue weighted by molar-refractivity contribution is 6.53. The largest absolute Gasteiger partial charge is 0.446 e. The van der Waals surface area contributed by atoms with Crippen LogP contribution in [0.5, 0.6) is 0 Å². The lowest BCUT2D eigenvalue weighted by atomic mass is 10.4. The number of hydrogen-bond acceptors (Lipinski definition) is 4. The van der Waals surface area contributed by atoms with E-state index in [9.17, 15) is 9.59 Å². The van der Waals surface area contributed by atoms with Crippen molar-refractivity contribution in [2.24, 2.45) is 0 Å². The number of carbonyl (C=O) groups is 2. The van der Waals surface area contributed by atoms with Crippen LogP contribution in [0.25, 0.3) is 0 Å². The summed E-state index contributed by atoms with van der Waals surface area (Å²) in [5.41, 5.74) is 0.117. The Labute approximate surface area is 132 Å². The number of oxazole rings is 1. The molecule has 114 valence electrons. The number of nitrogens with zero attached hydrogens (tertiary/aromatic N) is 2. The summed E-state index contributed by atoms with van der Waals surface area (Å²) in [4.78, 5) is 27.6. The van der Waals surface area contributed by atoms with E-state index < -0.39 is 10.7 Å². The number of amides is 2. The minimum Gasteiger partial charge on any atom is -0.446 e. The number of carbonyl (C=O) groups excluding carboxylic acids is 2. The van der Waals surface area contributed by atoms with Gasteiger partial charge >= 0.3 is 0 Å². The molecule has 2 amide bonds. The highest BCUT2D eigenvalue weighted by atomic mass is 35.5. The molecular formula is C13H15Cl2N3O3. The van der Waals surface area contributed by atoms with Gasteiger partial charge in [-0.05, 0) is 0 Å². The van der Waals surface area contributed by atoms with Gasteiger partial charge in [0.2, 0.25) is 5.89 Å². The van der Waals surface area contributed by atoms with Crippen LogP contribution < -0.4 is 5.32 Å². The lowest BCUT2D eigenvalue weighted by Gasteiger charge is -2.19. The van der Waals surface area contributed by atoms with Crippen LogP contribution in [0.15, 0.2) is 36.0 Å². The van der Waals surface area contributed by atoms with Gasteiger partial charge in [0.05, 0.1) is 6.54 Å². The molecule has 1 heterocycles. The summed E-state index contributed by atoms with van der Waals surface area (Å²) in [5.74, 6) is -0.684. The predicted molar refractivity (Wildman–Crippen MR) is 80.1 cm³/mol. The number of alkyl halides is 2. The zero-order valence-corrected chi connectivity index (χ0v) is 12.7.